The fourth-order valence-electron chi connectivity index (χ4n) is 0.956. The SMILES string of the molecule is CCC(COC(C)=O)C(=O)OC(C)(C)C. The highest BCUT2D eigenvalue weighted by atomic mass is 16.6. The van der Waals surface area contributed by atoms with Crippen LogP contribution in [0.25, 0.3) is 0 Å². The Kier molecular flexibility index (Phi) is 5.33. The Labute approximate surface area is 90.9 Å². The molecule has 0 aromatic rings. The largest absolute Gasteiger partial charge is 0.465 e. The second kappa shape index (κ2) is 5.73. The fourth-order valence-corrected chi connectivity index (χ4v) is 0.956. The van der Waals surface area contributed by atoms with Gasteiger partial charge in [-0.25, -0.2) is 0 Å². The molecular weight excluding hydrogens is 196 g/mol. The smallest absolute Gasteiger partial charge is 0.312 e. The molecule has 0 aliphatic rings. The van der Waals surface area contributed by atoms with Gasteiger partial charge in [-0.3, -0.25) is 9.59 Å². The molecule has 4 heteroatoms. The molecule has 0 aromatic carbocycles. The van der Waals surface area contributed by atoms with E-state index in [1.54, 1.807) is 0 Å². The van der Waals surface area contributed by atoms with Gasteiger partial charge in [0, 0.05) is 6.92 Å². The van der Waals surface area contributed by atoms with Gasteiger partial charge in [0.25, 0.3) is 0 Å². The van der Waals surface area contributed by atoms with Crippen molar-refractivity contribution in [2.75, 3.05) is 6.61 Å². The topological polar surface area (TPSA) is 52.6 Å². The van der Waals surface area contributed by atoms with Crippen molar-refractivity contribution in [3.63, 3.8) is 0 Å². The van der Waals surface area contributed by atoms with Gasteiger partial charge in [-0.2, -0.15) is 0 Å². The number of hydrogen-bond donors (Lipinski definition) is 0. The summed E-state index contributed by atoms with van der Waals surface area (Å²) in [5, 5.41) is 0. The Morgan fingerprint density at radius 3 is 2.13 bits per heavy atom. The van der Waals surface area contributed by atoms with Gasteiger partial charge >= 0.3 is 11.9 Å². The minimum absolute atomic E-state index is 0.0980. The van der Waals surface area contributed by atoms with Crippen LogP contribution in [-0.4, -0.2) is 24.1 Å². The fraction of sp³-hybridized carbons (Fsp3) is 0.818. The van der Waals surface area contributed by atoms with Crippen LogP contribution in [0.2, 0.25) is 0 Å². The molecule has 0 heterocycles. The number of ether oxygens (including phenoxy) is 2. The summed E-state index contributed by atoms with van der Waals surface area (Å²) < 4.78 is 9.98. The van der Waals surface area contributed by atoms with E-state index >= 15 is 0 Å². The predicted molar refractivity (Wildman–Crippen MR) is 56.3 cm³/mol. The summed E-state index contributed by atoms with van der Waals surface area (Å²) in [5.41, 5.74) is -0.499. The van der Waals surface area contributed by atoms with Crippen LogP contribution in [0, 0.1) is 5.92 Å². The van der Waals surface area contributed by atoms with Crippen LogP contribution < -0.4 is 0 Å². The maximum Gasteiger partial charge on any atom is 0.312 e. The highest BCUT2D eigenvalue weighted by Crippen LogP contribution is 2.13. The van der Waals surface area contributed by atoms with Gasteiger partial charge in [0.15, 0.2) is 0 Å². The molecule has 88 valence electrons. The summed E-state index contributed by atoms with van der Waals surface area (Å²) in [6, 6.07) is 0. The molecule has 0 aliphatic carbocycles. The van der Waals surface area contributed by atoms with Gasteiger partial charge < -0.3 is 9.47 Å². The Morgan fingerprint density at radius 1 is 1.27 bits per heavy atom. The van der Waals surface area contributed by atoms with E-state index in [1.807, 2.05) is 27.7 Å². The molecule has 15 heavy (non-hydrogen) atoms. The molecule has 0 rings (SSSR count). The lowest BCUT2D eigenvalue weighted by Gasteiger charge is -2.23. The molecule has 0 saturated carbocycles. The second-order valence-electron chi connectivity index (χ2n) is 4.44. The first-order valence-electron chi connectivity index (χ1n) is 5.12. The molecule has 0 saturated heterocycles. The first-order chi connectivity index (χ1) is 6.76. The van der Waals surface area contributed by atoms with Crippen LogP contribution in [0.5, 0.6) is 0 Å². The van der Waals surface area contributed by atoms with Crippen molar-refractivity contribution < 1.29 is 19.1 Å². The maximum atomic E-state index is 11.6. The number of carbonyl (C=O) groups is 2. The normalized spacial score (nSPS) is 13.1. The Hall–Kier alpha value is -1.06. The van der Waals surface area contributed by atoms with Gasteiger partial charge in [0.2, 0.25) is 0 Å². The predicted octanol–water partition coefficient (Wildman–Crippen LogP) is 1.92. The van der Waals surface area contributed by atoms with Crippen LogP contribution in [0.3, 0.4) is 0 Å². The van der Waals surface area contributed by atoms with Crippen LogP contribution >= 0.6 is 0 Å². The average molecular weight is 216 g/mol. The molecule has 0 radical (unpaired) electrons. The standard InChI is InChI=1S/C11H20O4/c1-6-9(7-14-8(2)12)10(13)15-11(3,4)5/h9H,6-7H2,1-5H3. The molecule has 0 aliphatic heterocycles. The van der Waals surface area contributed by atoms with E-state index < -0.39 is 5.60 Å². The zero-order valence-corrected chi connectivity index (χ0v) is 10.1. The summed E-state index contributed by atoms with van der Waals surface area (Å²) >= 11 is 0. The third kappa shape index (κ3) is 6.94. The lowest BCUT2D eigenvalue weighted by atomic mass is 10.1. The Bertz CT molecular complexity index is 227. The molecule has 0 amide bonds. The second-order valence-corrected chi connectivity index (χ2v) is 4.44. The summed E-state index contributed by atoms with van der Waals surface area (Å²) in [4.78, 5) is 22.2. The van der Waals surface area contributed by atoms with Gasteiger partial charge in [0.05, 0.1) is 5.92 Å². The minimum atomic E-state index is -0.499. The molecule has 4 nitrogen and oxygen atoms in total. The van der Waals surface area contributed by atoms with Crippen LogP contribution in [0.1, 0.15) is 41.0 Å². The molecule has 0 aromatic heterocycles. The molecule has 0 fully saturated rings. The van der Waals surface area contributed by atoms with E-state index in [4.69, 9.17) is 9.47 Å². The molecule has 1 atom stereocenters. The van der Waals surface area contributed by atoms with Gasteiger partial charge in [-0.1, -0.05) is 6.92 Å². The van der Waals surface area contributed by atoms with Crippen molar-refractivity contribution in [1.82, 2.24) is 0 Å². The van der Waals surface area contributed by atoms with Gasteiger partial charge in [-0.05, 0) is 27.2 Å². The van der Waals surface area contributed by atoms with Crippen molar-refractivity contribution in [1.29, 1.82) is 0 Å². The van der Waals surface area contributed by atoms with Crippen molar-refractivity contribution >= 4 is 11.9 Å². The lowest BCUT2D eigenvalue weighted by molar-refractivity contribution is -0.163. The summed E-state index contributed by atoms with van der Waals surface area (Å²) in [6.07, 6.45) is 0.599. The third-order valence-electron chi connectivity index (χ3n) is 1.72. The number of carbonyl (C=O) groups excluding carboxylic acids is 2. The molecule has 0 N–H and O–H groups in total. The van der Waals surface area contributed by atoms with Crippen LogP contribution in [0.15, 0.2) is 0 Å². The lowest BCUT2D eigenvalue weighted by Crippen LogP contribution is -2.31. The van der Waals surface area contributed by atoms with E-state index in [1.165, 1.54) is 6.92 Å². The first kappa shape index (κ1) is 13.9. The minimum Gasteiger partial charge on any atom is -0.465 e. The summed E-state index contributed by atoms with van der Waals surface area (Å²) in [5.74, 6) is -1.06. The van der Waals surface area contributed by atoms with Crippen molar-refractivity contribution in [2.24, 2.45) is 5.92 Å². The first-order valence-corrected chi connectivity index (χ1v) is 5.12. The highest BCUT2D eigenvalue weighted by Gasteiger charge is 2.24. The molecule has 0 bridgehead atoms. The Morgan fingerprint density at radius 2 is 1.80 bits per heavy atom. The van der Waals surface area contributed by atoms with Gasteiger partial charge in [-0.15, -0.1) is 0 Å². The third-order valence-corrected chi connectivity index (χ3v) is 1.72. The molecule has 1 unspecified atom stereocenters. The van der Waals surface area contributed by atoms with Crippen LogP contribution in [-0.2, 0) is 19.1 Å². The van der Waals surface area contributed by atoms with E-state index in [0.717, 1.165) is 0 Å². The quantitative estimate of drug-likeness (QED) is 0.674. The van der Waals surface area contributed by atoms with E-state index in [2.05, 4.69) is 0 Å². The molecular formula is C11H20O4. The van der Waals surface area contributed by atoms with E-state index in [0.29, 0.717) is 6.42 Å². The van der Waals surface area contributed by atoms with Crippen molar-refractivity contribution in [3.05, 3.63) is 0 Å². The maximum absolute atomic E-state index is 11.6. The number of esters is 2. The van der Waals surface area contributed by atoms with Gasteiger partial charge in [0.1, 0.15) is 12.2 Å². The highest BCUT2D eigenvalue weighted by molar-refractivity contribution is 5.73. The summed E-state index contributed by atoms with van der Waals surface area (Å²) in [7, 11) is 0. The number of rotatable bonds is 4. The Balaban J connectivity index is 4.16. The zero-order valence-electron chi connectivity index (χ0n) is 10.1. The van der Waals surface area contributed by atoms with E-state index in [9.17, 15) is 9.59 Å². The zero-order chi connectivity index (χ0) is 12.1. The monoisotopic (exact) mass is 216 g/mol. The summed E-state index contributed by atoms with van der Waals surface area (Å²) in [6.45, 7) is 8.71. The average Bonchev–Trinajstić information content (AvgIpc) is 2.01. The molecule has 0 spiro atoms. The van der Waals surface area contributed by atoms with Crippen molar-refractivity contribution in [2.45, 2.75) is 46.6 Å². The number of hydrogen-bond acceptors (Lipinski definition) is 4. The van der Waals surface area contributed by atoms with Crippen molar-refractivity contribution in [3.8, 4) is 0 Å². The van der Waals surface area contributed by atoms with Crippen LogP contribution in [0.4, 0.5) is 0 Å². The van der Waals surface area contributed by atoms with E-state index in [-0.39, 0.29) is 24.5 Å².